The Kier molecular flexibility index (Phi) is 1.96. The molecule has 1 nitrogen and oxygen atoms in total. The molecule has 1 heterocycles. The zero-order valence-corrected chi connectivity index (χ0v) is 7.53. The first-order chi connectivity index (χ1) is 5.37. The molecular formula is C9H14OS. The normalized spacial score (nSPS) is 42.4. The Balaban J connectivity index is 1.88. The van der Waals surface area contributed by atoms with Crippen molar-refractivity contribution in [3.05, 3.63) is 0 Å². The lowest BCUT2D eigenvalue weighted by Crippen LogP contribution is -2.13. The molecule has 2 fully saturated rings. The molecule has 0 bridgehead atoms. The Morgan fingerprint density at radius 3 is 3.18 bits per heavy atom. The van der Waals surface area contributed by atoms with Gasteiger partial charge < -0.3 is 4.79 Å². The zero-order valence-electron chi connectivity index (χ0n) is 6.71. The minimum atomic E-state index is 0.629. The van der Waals surface area contributed by atoms with Crippen LogP contribution in [-0.4, -0.2) is 17.8 Å². The van der Waals surface area contributed by atoms with Gasteiger partial charge in [-0.25, -0.2) is 0 Å². The molecule has 1 saturated carbocycles. The largest absolute Gasteiger partial charge is 0.303 e. The minimum Gasteiger partial charge on any atom is -0.303 e. The van der Waals surface area contributed by atoms with Crippen LogP contribution in [0.2, 0.25) is 0 Å². The van der Waals surface area contributed by atoms with E-state index >= 15 is 0 Å². The molecule has 0 aromatic rings. The van der Waals surface area contributed by atoms with E-state index in [0.717, 1.165) is 18.6 Å². The van der Waals surface area contributed by atoms with Crippen LogP contribution in [0.3, 0.4) is 0 Å². The zero-order chi connectivity index (χ0) is 7.73. The van der Waals surface area contributed by atoms with Crippen LogP contribution >= 0.6 is 11.8 Å². The van der Waals surface area contributed by atoms with E-state index in [1.165, 1.54) is 30.8 Å². The number of rotatable bonds is 2. The van der Waals surface area contributed by atoms with Crippen molar-refractivity contribution in [2.24, 2.45) is 11.3 Å². The molecule has 0 amide bonds. The van der Waals surface area contributed by atoms with E-state index < -0.39 is 0 Å². The summed E-state index contributed by atoms with van der Waals surface area (Å²) < 4.78 is 0. The third-order valence-corrected chi connectivity index (χ3v) is 4.45. The lowest BCUT2D eigenvalue weighted by Gasteiger charge is -2.21. The molecule has 0 N–H and O–H groups in total. The molecule has 1 aliphatic carbocycles. The average Bonchev–Trinajstić information content (AvgIpc) is 2.66. The molecule has 2 unspecified atom stereocenters. The first kappa shape index (κ1) is 7.66. The highest BCUT2D eigenvalue weighted by atomic mass is 32.2. The van der Waals surface area contributed by atoms with Crippen molar-refractivity contribution in [1.82, 2.24) is 0 Å². The fraction of sp³-hybridized carbons (Fsp3) is 0.889. The van der Waals surface area contributed by atoms with E-state index in [1.54, 1.807) is 0 Å². The summed E-state index contributed by atoms with van der Waals surface area (Å²) in [5.41, 5.74) is 0.629. The Labute approximate surface area is 71.9 Å². The summed E-state index contributed by atoms with van der Waals surface area (Å²) in [5, 5.41) is 0. The van der Waals surface area contributed by atoms with E-state index in [2.05, 4.69) is 11.8 Å². The van der Waals surface area contributed by atoms with Crippen molar-refractivity contribution in [3.8, 4) is 0 Å². The Hall–Kier alpha value is 0.0200. The lowest BCUT2D eigenvalue weighted by molar-refractivity contribution is -0.108. The molecule has 2 aliphatic rings. The maximum atomic E-state index is 10.3. The van der Waals surface area contributed by atoms with E-state index in [4.69, 9.17) is 0 Å². The SMILES string of the molecule is O=CCC1CC12CCCSC2. The molecule has 62 valence electrons. The molecule has 0 aromatic carbocycles. The van der Waals surface area contributed by atoms with Gasteiger partial charge in [0.2, 0.25) is 0 Å². The van der Waals surface area contributed by atoms with Crippen LogP contribution in [0.15, 0.2) is 0 Å². The van der Waals surface area contributed by atoms with E-state index in [0.29, 0.717) is 5.41 Å². The molecule has 11 heavy (non-hydrogen) atoms. The quantitative estimate of drug-likeness (QED) is 0.590. The predicted octanol–water partition coefficient (Wildman–Crippen LogP) is 2.11. The third-order valence-electron chi connectivity index (χ3n) is 3.09. The van der Waals surface area contributed by atoms with E-state index in [9.17, 15) is 4.79 Å². The standard InChI is InChI=1S/C9H14OS/c10-4-2-8-6-9(8)3-1-5-11-7-9/h4,8H,1-3,5-7H2. The number of hydrogen-bond acceptors (Lipinski definition) is 2. The fourth-order valence-electron chi connectivity index (χ4n) is 2.24. The number of thioether (sulfide) groups is 1. The van der Waals surface area contributed by atoms with Crippen LogP contribution < -0.4 is 0 Å². The molecule has 0 aromatic heterocycles. The van der Waals surface area contributed by atoms with Crippen molar-refractivity contribution >= 4 is 18.0 Å². The number of aldehydes is 1. The van der Waals surface area contributed by atoms with Gasteiger partial charge in [0.15, 0.2) is 0 Å². The van der Waals surface area contributed by atoms with Crippen molar-refractivity contribution in [3.63, 3.8) is 0 Å². The summed E-state index contributed by atoms with van der Waals surface area (Å²) in [7, 11) is 0. The third kappa shape index (κ3) is 1.33. The predicted molar refractivity (Wildman–Crippen MR) is 47.8 cm³/mol. The van der Waals surface area contributed by atoms with Gasteiger partial charge in [0.05, 0.1) is 0 Å². The first-order valence-corrected chi connectivity index (χ1v) is 5.54. The fourth-order valence-corrected chi connectivity index (χ4v) is 3.64. The van der Waals surface area contributed by atoms with Crippen molar-refractivity contribution < 1.29 is 4.79 Å². The minimum absolute atomic E-state index is 0.629. The summed E-state index contributed by atoms with van der Waals surface area (Å²) in [6, 6.07) is 0. The second kappa shape index (κ2) is 2.81. The first-order valence-electron chi connectivity index (χ1n) is 4.39. The van der Waals surface area contributed by atoms with Crippen LogP contribution in [0.5, 0.6) is 0 Å². The van der Waals surface area contributed by atoms with Gasteiger partial charge in [-0.3, -0.25) is 0 Å². The second-order valence-electron chi connectivity index (χ2n) is 3.82. The summed E-state index contributed by atoms with van der Waals surface area (Å²) in [6.45, 7) is 0. The van der Waals surface area contributed by atoms with Gasteiger partial charge in [0, 0.05) is 6.42 Å². The van der Waals surface area contributed by atoms with Gasteiger partial charge in [-0.1, -0.05) is 0 Å². The Bertz CT molecular complexity index is 161. The molecule has 0 radical (unpaired) electrons. The number of hydrogen-bond donors (Lipinski definition) is 0. The average molecular weight is 170 g/mol. The van der Waals surface area contributed by atoms with Gasteiger partial charge in [-0.2, -0.15) is 11.8 Å². The van der Waals surface area contributed by atoms with Crippen LogP contribution in [0.4, 0.5) is 0 Å². The van der Waals surface area contributed by atoms with Gasteiger partial charge in [0.25, 0.3) is 0 Å². The van der Waals surface area contributed by atoms with Gasteiger partial charge >= 0.3 is 0 Å². The molecule has 2 heteroatoms. The van der Waals surface area contributed by atoms with Crippen LogP contribution in [-0.2, 0) is 4.79 Å². The number of carbonyl (C=O) groups excluding carboxylic acids is 1. The maximum Gasteiger partial charge on any atom is 0.120 e. The van der Waals surface area contributed by atoms with Gasteiger partial charge in [-0.05, 0) is 42.1 Å². The van der Waals surface area contributed by atoms with E-state index in [-0.39, 0.29) is 0 Å². The smallest absolute Gasteiger partial charge is 0.120 e. The highest BCUT2D eigenvalue weighted by Gasteiger charge is 2.53. The highest BCUT2D eigenvalue weighted by molar-refractivity contribution is 7.99. The van der Waals surface area contributed by atoms with Gasteiger partial charge in [-0.15, -0.1) is 0 Å². The van der Waals surface area contributed by atoms with Crippen LogP contribution in [0, 0.1) is 11.3 Å². The van der Waals surface area contributed by atoms with Gasteiger partial charge in [0.1, 0.15) is 6.29 Å². The molecular weight excluding hydrogens is 156 g/mol. The summed E-state index contributed by atoms with van der Waals surface area (Å²) >= 11 is 2.08. The maximum absolute atomic E-state index is 10.3. The van der Waals surface area contributed by atoms with Crippen molar-refractivity contribution in [2.75, 3.05) is 11.5 Å². The monoisotopic (exact) mass is 170 g/mol. The molecule has 1 aliphatic heterocycles. The number of carbonyl (C=O) groups is 1. The molecule has 1 saturated heterocycles. The Morgan fingerprint density at radius 1 is 1.64 bits per heavy atom. The van der Waals surface area contributed by atoms with Crippen LogP contribution in [0.1, 0.15) is 25.7 Å². The summed E-state index contributed by atoms with van der Waals surface area (Å²) in [5.74, 6) is 3.42. The van der Waals surface area contributed by atoms with Crippen molar-refractivity contribution in [2.45, 2.75) is 25.7 Å². The Morgan fingerprint density at radius 2 is 2.55 bits per heavy atom. The van der Waals surface area contributed by atoms with E-state index in [1.807, 2.05) is 0 Å². The summed E-state index contributed by atoms with van der Waals surface area (Å²) in [4.78, 5) is 10.3. The highest BCUT2D eigenvalue weighted by Crippen LogP contribution is 2.60. The summed E-state index contributed by atoms with van der Waals surface area (Å²) in [6.07, 6.45) is 6.01. The lowest BCUT2D eigenvalue weighted by atomic mass is 9.98. The topological polar surface area (TPSA) is 17.1 Å². The molecule has 2 atom stereocenters. The van der Waals surface area contributed by atoms with Crippen LogP contribution in [0.25, 0.3) is 0 Å². The second-order valence-corrected chi connectivity index (χ2v) is 4.93. The molecule has 1 spiro atoms. The molecule has 2 rings (SSSR count). The van der Waals surface area contributed by atoms with Crippen molar-refractivity contribution in [1.29, 1.82) is 0 Å².